The minimum Gasteiger partial charge on any atom is -0.331 e. The van der Waals surface area contributed by atoms with E-state index in [0.717, 1.165) is 99.2 Å². The number of rotatable bonds is 6. The van der Waals surface area contributed by atoms with Gasteiger partial charge in [-0.2, -0.15) is 10.2 Å². The summed E-state index contributed by atoms with van der Waals surface area (Å²) in [7, 11) is 2.09. The molecule has 0 spiro atoms. The van der Waals surface area contributed by atoms with Crippen molar-refractivity contribution in [2.24, 2.45) is 12.0 Å². The summed E-state index contributed by atoms with van der Waals surface area (Å²) < 4.78 is 6.10. The Morgan fingerprint density at radius 3 is 2.11 bits per heavy atom. The first-order chi connectivity index (χ1) is 25.8. The van der Waals surface area contributed by atoms with E-state index in [-0.39, 0.29) is 0 Å². The van der Waals surface area contributed by atoms with Crippen LogP contribution in [-0.2, 0) is 32.7 Å². The lowest BCUT2D eigenvalue weighted by Crippen LogP contribution is -2.01. The van der Waals surface area contributed by atoms with Crippen LogP contribution in [0.3, 0.4) is 0 Å². The molecule has 8 nitrogen and oxygen atoms in total. The number of aryl methyl sites for hydroxylation is 7. The lowest BCUT2D eigenvalue weighted by Gasteiger charge is -2.02. The molecule has 0 saturated carbocycles. The van der Waals surface area contributed by atoms with Gasteiger partial charge >= 0.3 is 0 Å². The number of fused-ring (bicyclic) bond motifs is 8. The van der Waals surface area contributed by atoms with Gasteiger partial charge in [0.1, 0.15) is 5.82 Å². The molecule has 9 heteroatoms. The van der Waals surface area contributed by atoms with Crippen LogP contribution in [0.5, 0.6) is 0 Å². The van der Waals surface area contributed by atoms with Gasteiger partial charge in [0.15, 0.2) is 0 Å². The van der Waals surface area contributed by atoms with Crippen LogP contribution in [-0.4, -0.2) is 39.5 Å². The highest BCUT2D eigenvalue weighted by atomic mass is 35.5. The summed E-state index contributed by atoms with van der Waals surface area (Å²) >= 11 is 6.32. The minimum absolute atomic E-state index is 0.730. The van der Waals surface area contributed by atoms with Crippen LogP contribution >= 0.6 is 11.6 Å². The summed E-state index contributed by atoms with van der Waals surface area (Å²) in [6.07, 6.45) is 6.34. The van der Waals surface area contributed by atoms with Gasteiger partial charge in [0, 0.05) is 48.3 Å². The molecule has 1 aliphatic heterocycles. The maximum Gasteiger partial charge on any atom is 0.110 e. The Morgan fingerprint density at radius 2 is 1.34 bits per heavy atom. The Hall–Kier alpha value is -5.86. The largest absolute Gasteiger partial charge is 0.331 e. The summed E-state index contributed by atoms with van der Waals surface area (Å²) in [5, 5.41) is 15.1. The second-order valence-corrected chi connectivity index (χ2v) is 14.5. The number of hydrogen-bond donors (Lipinski definition) is 0. The lowest BCUT2D eigenvalue weighted by molar-refractivity contribution is 0.763. The standard InChI is InChI=1S/C22H19ClN4.C22H20N4/c1-14-7-10-18(23)20-13-16(25-27(14)20)9-12-21-24-22-17-6-4-3-5-15(17)8-11-19(22)26(21)2;1-14-13-23-15(2)21-12-19(25-26(14)21)10-9-18-11-17-8-7-16-5-3-4-6-20(16)22(17)24-18/h3-8,10-11,13H,9,12H2,1-2H3;3-8,12-13H,9-11H2,1-2H3. The highest BCUT2D eigenvalue weighted by Crippen LogP contribution is 2.35. The first kappa shape index (κ1) is 33.0. The highest BCUT2D eigenvalue weighted by molar-refractivity contribution is 6.33. The number of halogens is 1. The summed E-state index contributed by atoms with van der Waals surface area (Å²) in [5.41, 5.74) is 13.3. The highest BCUT2D eigenvalue weighted by Gasteiger charge is 2.18. The number of benzene rings is 4. The predicted octanol–water partition coefficient (Wildman–Crippen LogP) is 9.88. The fourth-order valence-electron chi connectivity index (χ4n) is 7.58. The van der Waals surface area contributed by atoms with Gasteiger partial charge in [0.05, 0.1) is 55.6 Å². The Kier molecular flexibility index (Phi) is 8.27. The third-order valence-corrected chi connectivity index (χ3v) is 10.8. The topological polar surface area (TPSA) is 77.7 Å². The smallest absolute Gasteiger partial charge is 0.110 e. The van der Waals surface area contributed by atoms with E-state index in [1.165, 1.54) is 32.8 Å². The van der Waals surface area contributed by atoms with Gasteiger partial charge in [0.25, 0.3) is 0 Å². The zero-order valence-electron chi connectivity index (χ0n) is 30.3. The number of aliphatic imine (C=N–C) groups is 1. The van der Waals surface area contributed by atoms with Crippen molar-refractivity contribution >= 4 is 66.6 Å². The third kappa shape index (κ3) is 6.03. The Bertz CT molecular complexity index is 2810. The Morgan fingerprint density at radius 1 is 0.660 bits per heavy atom. The maximum absolute atomic E-state index is 6.32. The van der Waals surface area contributed by atoms with Crippen LogP contribution in [0.4, 0.5) is 5.69 Å². The number of pyridine rings is 1. The van der Waals surface area contributed by atoms with Crippen molar-refractivity contribution in [2.45, 2.75) is 52.9 Å². The van der Waals surface area contributed by atoms with Gasteiger partial charge in [-0.15, -0.1) is 0 Å². The minimum atomic E-state index is 0.730. The van der Waals surface area contributed by atoms with Gasteiger partial charge in [-0.25, -0.2) is 14.0 Å². The maximum atomic E-state index is 6.32. The summed E-state index contributed by atoms with van der Waals surface area (Å²) in [5.74, 6) is 1.07. The predicted molar refractivity (Wildman–Crippen MR) is 216 cm³/mol. The van der Waals surface area contributed by atoms with Crippen molar-refractivity contribution in [1.29, 1.82) is 0 Å². The zero-order valence-corrected chi connectivity index (χ0v) is 31.1. The fraction of sp³-hybridized carbons (Fsp3) is 0.205. The van der Waals surface area contributed by atoms with E-state index in [1.54, 1.807) is 0 Å². The molecular weight excluding hydrogens is 676 g/mol. The fourth-order valence-corrected chi connectivity index (χ4v) is 7.78. The van der Waals surface area contributed by atoms with Gasteiger partial charge in [-0.3, -0.25) is 9.98 Å². The molecule has 0 unspecified atom stereocenters. The average Bonchev–Trinajstić information content (AvgIpc) is 3.98. The van der Waals surface area contributed by atoms with Crippen LogP contribution in [0.15, 0.2) is 108 Å². The number of aromatic nitrogens is 7. The van der Waals surface area contributed by atoms with E-state index < -0.39 is 0 Å². The van der Waals surface area contributed by atoms with Gasteiger partial charge in [-0.05, 0) is 86.7 Å². The van der Waals surface area contributed by atoms with E-state index in [9.17, 15) is 0 Å². The van der Waals surface area contributed by atoms with Crippen molar-refractivity contribution in [1.82, 2.24) is 33.8 Å². The van der Waals surface area contributed by atoms with Gasteiger partial charge in [-0.1, -0.05) is 78.3 Å². The molecule has 0 amide bonds. The third-order valence-electron chi connectivity index (χ3n) is 10.5. The lowest BCUT2D eigenvalue weighted by atomic mass is 10.0. The Balaban J connectivity index is 0.000000141. The molecule has 0 N–H and O–H groups in total. The summed E-state index contributed by atoms with van der Waals surface area (Å²) in [6, 6.07) is 33.8. The molecule has 0 bridgehead atoms. The molecule has 0 radical (unpaired) electrons. The number of hydrogen-bond acceptors (Lipinski definition) is 5. The van der Waals surface area contributed by atoms with E-state index in [2.05, 4.69) is 102 Å². The van der Waals surface area contributed by atoms with Crippen LogP contribution in [0.2, 0.25) is 5.02 Å². The molecule has 5 aromatic heterocycles. The molecule has 10 rings (SSSR count). The van der Waals surface area contributed by atoms with Crippen molar-refractivity contribution < 1.29 is 0 Å². The van der Waals surface area contributed by atoms with Crippen molar-refractivity contribution in [3.8, 4) is 0 Å². The molecule has 0 aliphatic carbocycles. The van der Waals surface area contributed by atoms with E-state index in [1.807, 2.05) is 48.1 Å². The molecule has 4 aromatic carbocycles. The molecule has 0 fully saturated rings. The van der Waals surface area contributed by atoms with E-state index >= 15 is 0 Å². The van der Waals surface area contributed by atoms with Crippen LogP contribution < -0.4 is 0 Å². The van der Waals surface area contributed by atoms with E-state index in [4.69, 9.17) is 31.8 Å². The second-order valence-electron chi connectivity index (χ2n) is 14.1. The zero-order chi connectivity index (χ0) is 36.2. The molecular formula is C44H39ClN8. The SMILES string of the molecule is Cc1ccc(Cl)c2cc(CCc3nc4c5ccccc5ccc4n3C)nn12.Cc1ncc(C)n2nc(CCC3=Nc4c(ccc5ccccc45)C3)cc12. The average molecular weight is 715 g/mol. The summed E-state index contributed by atoms with van der Waals surface area (Å²) in [4.78, 5) is 14.3. The van der Waals surface area contributed by atoms with E-state index in [0.29, 0.717) is 0 Å². The normalized spacial score (nSPS) is 12.6. The molecule has 6 heterocycles. The quantitative estimate of drug-likeness (QED) is 0.172. The van der Waals surface area contributed by atoms with Crippen molar-refractivity contribution in [3.63, 3.8) is 0 Å². The molecule has 262 valence electrons. The van der Waals surface area contributed by atoms with Crippen molar-refractivity contribution in [2.75, 3.05) is 0 Å². The van der Waals surface area contributed by atoms with Crippen LogP contribution in [0.1, 0.15) is 46.3 Å². The Labute approximate surface area is 312 Å². The molecule has 0 saturated heterocycles. The monoisotopic (exact) mass is 714 g/mol. The summed E-state index contributed by atoms with van der Waals surface area (Å²) in [6.45, 7) is 6.11. The number of nitrogens with zero attached hydrogens (tertiary/aromatic N) is 8. The molecule has 9 aromatic rings. The first-order valence-corrected chi connectivity index (χ1v) is 18.5. The van der Waals surface area contributed by atoms with Crippen LogP contribution in [0.25, 0.3) is 43.6 Å². The van der Waals surface area contributed by atoms with Crippen LogP contribution in [0, 0.1) is 20.8 Å². The van der Waals surface area contributed by atoms with Crippen molar-refractivity contribution in [3.05, 3.63) is 148 Å². The molecule has 0 atom stereocenters. The second kappa shape index (κ2) is 13.3. The molecule has 1 aliphatic rings. The molecule has 53 heavy (non-hydrogen) atoms. The first-order valence-electron chi connectivity index (χ1n) is 18.2. The van der Waals surface area contributed by atoms with Gasteiger partial charge < -0.3 is 4.57 Å². The van der Waals surface area contributed by atoms with Gasteiger partial charge in [0.2, 0.25) is 0 Å². The number of imidazole rings is 1.